The topological polar surface area (TPSA) is 55.8 Å². The van der Waals surface area contributed by atoms with Crippen LogP contribution in [0.5, 0.6) is 5.75 Å². The summed E-state index contributed by atoms with van der Waals surface area (Å²) in [5.74, 6) is -0.371. The fourth-order valence-corrected chi connectivity index (χ4v) is 3.61. The minimum atomic E-state index is -0.894. The maximum atomic E-state index is 12.9. The van der Waals surface area contributed by atoms with Crippen molar-refractivity contribution >= 4 is 28.3 Å². The Morgan fingerprint density at radius 3 is 2.43 bits per heavy atom. The number of carbonyl (C=O) groups is 2. The van der Waals surface area contributed by atoms with E-state index >= 15 is 0 Å². The first-order valence-corrected chi connectivity index (χ1v) is 9.25. The van der Waals surface area contributed by atoms with Gasteiger partial charge in [-0.2, -0.15) is 0 Å². The summed E-state index contributed by atoms with van der Waals surface area (Å²) in [5, 5.41) is 1.87. The second kappa shape index (κ2) is 7.35. The molecule has 3 aromatic rings. The summed E-state index contributed by atoms with van der Waals surface area (Å²) >= 11 is 0. The highest BCUT2D eigenvalue weighted by molar-refractivity contribution is 6.02. The molecule has 0 radical (unpaired) electrons. The molecule has 1 aliphatic rings. The molecule has 0 N–H and O–H groups in total. The Balaban J connectivity index is 1.55. The number of fused-ring (bicyclic) bond motifs is 2. The van der Waals surface area contributed by atoms with Gasteiger partial charge in [-0.05, 0) is 47.9 Å². The van der Waals surface area contributed by atoms with Gasteiger partial charge in [-0.15, -0.1) is 0 Å². The number of anilines is 1. The Kier molecular flexibility index (Phi) is 4.74. The molecule has 1 heterocycles. The van der Waals surface area contributed by atoms with Crippen molar-refractivity contribution in [2.24, 2.45) is 0 Å². The molecule has 0 aromatic heterocycles. The zero-order valence-electron chi connectivity index (χ0n) is 15.8. The first-order valence-electron chi connectivity index (χ1n) is 9.25. The van der Waals surface area contributed by atoms with Crippen molar-refractivity contribution in [3.05, 3.63) is 71.8 Å². The Bertz CT molecular complexity index is 1060. The van der Waals surface area contributed by atoms with Gasteiger partial charge >= 0.3 is 5.97 Å². The molecule has 3 aromatic carbocycles. The fourth-order valence-electron chi connectivity index (χ4n) is 3.61. The Labute approximate surface area is 163 Å². The molecule has 0 saturated heterocycles. The lowest BCUT2D eigenvalue weighted by molar-refractivity contribution is -0.126. The van der Waals surface area contributed by atoms with Gasteiger partial charge in [0.05, 0.1) is 7.11 Å². The summed E-state index contributed by atoms with van der Waals surface area (Å²) in [7, 11) is 1.51. The van der Waals surface area contributed by atoms with Crippen LogP contribution in [0.25, 0.3) is 10.8 Å². The minimum Gasteiger partial charge on any atom is -0.496 e. The van der Waals surface area contributed by atoms with Gasteiger partial charge in [-0.3, -0.25) is 4.79 Å². The zero-order valence-corrected chi connectivity index (χ0v) is 15.8. The van der Waals surface area contributed by atoms with Gasteiger partial charge in [0.2, 0.25) is 0 Å². The summed E-state index contributed by atoms with van der Waals surface area (Å²) in [6.45, 7) is 2.20. The SMILES string of the molecule is COc1cc2ccccc2cc1C(=O)OC(C)C(=O)N1CCc2ccccc21. The number of benzene rings is 3. The van der Waals surface area contributed by atoms with Gasteiger partial charge in [0.15, 0.2) is 6.10 Å². The smallest absolute Gasteiger partial charge is 0.342 e. The molecule has 0 saturated carbocycles. The van der Waals surface area contributed by atoms with Crippen molar-refractivity contribution in [1.82, 2.24) is 0 Å². The molecule has 0 bridgehead atoms. The normalized spacial score (nSPS) is 13.9. The number of rotatable bonds is 4. The van der Waals surface area contributed by atoms with Crippen LogP contribution in [0.15, 0.2) is 60.7 Å². The molecule has 1 unspecified atom stereocenters. The minimum absolute atomic E-state index is 0.224. The molecule has 0 spiro atoms. The first kappa shape index (κ1) is 18.0. The highest BCUT2D eigenvalue weighted by Crippen LogP contribution is 2.29. The van der Waals surface area contributed by atoms with E-state index in [-0.39, 0.29) is 5.91 Å². The monoisotopic (exact) mass is 375 g/mol. The summed E-state index contributed by atoms with van der Waals surface area (Å²) in [6, 6.07) is 19.0. The molecular formula is C23H21NO4. The molecule has 0 aliphatic carbocycles. The molecule has 142 valence electrons. The molecule has 0 fully saturated rings. The Hall–Kier alpha value is -3.34. The van der Waals surface area contributed by atoms with E-state index in [1.807, 2.05) is 48.5 Å². The maximum Gasteiger partial charge on any atom is 0.342 e. The summed E-state index contributed by atoms with van der Waals surface area (Å²) in [5.41, 5.74) is 2.33. The number of hydrogen-bond donors (Lipinski definition) is 0. The highest BCUT2D eigenvalue weighted by Gasteiger charge is 2.30. The lowest BCUT2D eigenvalue weighted by Crippen LogP contribution is -2.39. The fraction of sp³-hybridized carbons (Fsp3) is 0.217. The van der Waals surface area contributed by atoms with E-state index in [0.29, 0.717) is 17.9 Å². The molecular weight excluding hydrogens is 354 g/mol. The molecule has 5 nitrogen and oxygen atoms in total. The van der Waals surface area contributed by atoms with Crippen LogP contribution >= 0.6 is 0 Å². The van der Waals surface area contributed by atoms with E-state index in [9.17, 15) is 9.59 Å². The third-order valence-electron chi connectivity index (χ3n) is 5.07. The predicted octanol–water partition coefficient (Wildman–Crippen LogP) is 3.98. The molecule has 1 atom stereocenters. The first-order chi connectivity index (χ1) is 13.6. The van der Waals surface area contributed by atoms with Crippen LogP contribution in [0.1, 0.15) is 22.8 Å². The van der Waals surface area contributed by atoms with Crippen LogP contribution in [0, 0.1) is 0 Å². The van der Waals surface area contributed by atoms with E-state index in [4.69, 9.17) is 9.47 Å². The van der Waals surface area contributed by atoms with Crippen molar-refractivity contribution in [2.45, 2.75) is 19.4 Å². The van der Waals surface area contributed by atoms with Crippen LogP contribution in [0.3, 0.4) is 0 Å². The second-order valence-electron chi connectivity index (χ2n) is 6.82. The Morgan fingerprint density at radius 1 is 1.00 bits per heavy atom. The molecule has 5 heteroatoms. The number of nitrogens with zero attached hydrogens (tertiary/aromatic N) is 1. The number of methoxy groups -OCH3 is 1. The number of esters is 1. The zero-order chi connectivity index (χ0) is 19.7. The van der Waals surface area contributed by atoms with Gasteiger partial charge in [0, 0.05) is 12.2 Å². The number of amides is 1. The average Bonchev–Trinajstić information content (AvgIpc) is 3.16. The van der Waals surface area contributed by atoms with E-state index in [1.165, 1.54) is 7.11 Å². The quantitative estimate of drug-likeness (QED) is 0.647. The maximum absolute atomic E-state index is 12.9. The van der Waals surface area contributed by atoms with Crippen LogP contribution in [0.2, 0.25) is 0 Å². The van der Waals surface area contributed by atoms with Crippen molar-refractivity contribution in [3.63, 3.8) is 0 Å². The molecule has 28 heavy (non-hydrogen) atoms. The van der Waals surface area contributed by atoms with E-state index in [2.05, 4.69) is 0 Å². The average molecular weight is 375 g/mol. The van der Waals surface area contributed by atoms with Crippen molar-refractivity contribution in [1.29, 1.82) is 0 Å². The number of carbonyl (C=O) groups excluding carboxylic acids is 2. The van der Waals surface area contributed by atoms with Crippen LogP contribution < -0.4 is 9.64 Å². The lowest BCUT2D eigenvalue weighted by atomic mass is 10.1. The summed E-state index contributed by atoms with van der Waals surface area (Å²) < 4.78 is 10.9. The van der Waals surface area contributed by atoms with E-state index < -0.39 is 12.1 Å². The predicted molar refractivity (Wildman–Crippen MR) is 108 cm³/mol. The number of ether oxygens (including phenoxy) is 2. The molecule has 1 amide bonds. The molecule has 4 rings (SSSR count). The highest BCUT2D eigenvalue weighted by atomic mass is 16.5. The van der Waals surface area contributed by atoms with Gasteiger partial charge in [0.25, 0.3) is 5.91 Å². The van der Waals surface area contributed by atoms with Crippen molar-refractivity contribution < 1.29 is 19.1 Å². The lowest BCUT2D eigenvalue weighted by Gasteiger charge is -2.22. The van der Waals surface area contributed by atoms with E-state index in [1.54, 1.807) is 24.0 Å². The molecule has 1 aliphatic heterocycles. The number of hydrogen-bond acceptors (Lipinski definition) is 4. The third-order valence-corrected chi connectivity index (χ3v) is 5.07. The van der Waals surface area contributed by atoms with Gasteiger partial charge in [0.1, 0.15) is 11.3 Å². The van der Waals surface area contributed by atoms with Crippen LogP contribution in [-0.2, 0) is 16.0 Å². The largest absolute Gasteiger partial charge is 0.496 e. The van der Waals surface area contributed by atoms with Gasteiger partial charge in [-0.1, -0.05) is 42.5 Å². The summed E-state index contributed by atoms with van der Waals surface area (Å²) in [4.78, 5) is 27.3. The number of para-hydroxylation sites is 1. The summed E-state index contributed by atoms with van der Waals surface area (Å²) in [6.07, 6.45) is -0.0870. The van der Waals surface area contributed by atoms with Gasteiger partial charge < -0.3 is 14.4 Å². The van der Waals surface area contributed by atoms with Crippen molar-refractivity contribution in [2.75, 3.05) is 18.6 Å². The van der Waals surface area contributed by atoms with Crippen LogP contribution in [-0.4, -0.2) is 31.6 Å². The van der Waals surface area contributed by atoms with E-state index in [0.717, 1.165) is 28.4 Å². The second-order valence-corrected chi connectivity index (χ2v) is 6.82. The standard InChI is InChI=1S/C23H21NO4/c1-15(22(25)24-12-11-16-7-5-6-10-20(16)24)28-23(26)19-13-17-8-3-4-9-18(17)14-21(19)27-2/h3-10,13-15H,11-12H2,1-2H3. The van der Waals surface area contributed by atoms with Gasteiger partial charge in [-0.25, -0.2) is 4.79 Å². The Morgan fingerprint density at radius 2 is 1.68 bits per heavy atom. The van der Waals surface area contributed by atoms with Crippen molar-refractivity contribution in [3.8, 4) is 5.75 Å². The third kappa shape index (κ3) is 3.20. The van der Waals surface area contributed by atoms with Crippen LogP contribution in [0.4, 0.5) is 5.69 Å².